The van der Waals surface area contributed by atoms with E-state index in [1.807, 2.05) is 0 Å². The highest BCUT2D eigenvalue weighted by molar-refractivity contribution is 5.83. The zero-order valence-corrected chi connectivity index (χ0v) is 22.0. The number of aliphatic carboxylic acids is 3. The Labute approximate surface area is 238 Å². The molecule has 0 saturated heterocycles. The number of carbonyl (C=O) groups excluding carboxylic acids is 3. The van der Waals surface area contributed by atoms with Gasteiger partial charge in [-0.2, -0.15) is 0 Å². The van der Waals surface area contributed by atoms with E-state index in [1.165, 1.54) is 0 Å². The van der Waals surface area contributed by atoms with Gasteiger partial charge in [-0.25, -0.2) is 14.4 Å². The van der Waals surface area contributed by atoms with E-state index in [1.54, 1.807) is 36.4 Å². The standard InChI is InChI=1S/C30H24O12/c31-10-22-4-16-1-19-7-25(40-13-28(34)35)23(11-32)5-17(19)2-21-9-27(42-15-30(38)39)24(12-33)6-18(21)3-20(16)8-26(22)41-14-29(36)37/h4-12H,1-3,13-15H2,(H,34,35)(H,36,37)(H,38,39). The van der Waals surface area contributed by atoms with Crippen LogP contribution in [0.5, 0.6) is 17.2 Å². The Morgan fingerprint density at radius 2 is 0.738 bits per heavy atom. The van der Waals surface area contributed by atoms with Crippen LogP contribution < -0.4 is 14.2 Å². The minimum Gasteiger partial charge on any atom is -0.481 e. The molecule has 0 saturated carbocycles. The quantitative estimate of drug-likeness (QED) is 0.209. The SMILES string of the molecule is O=Cc1cc2c(cc1OCC(=O)O)Cc1cc(C=O)c(OCC(=O)O)cc1Cc1cc(C=O)c(OCC(=O)O)cc1C2. The van der Waals surface area contributed by atoms with Crippen LogP contribution >= 0.6 is 0 Å². The summed E-state index contributed by atoms with van der Waals surface area (Å²) in [5.41, 5.74) is 4.18. The van der Waals surface area contributed by atoms with Crippen molar-refractivity contribution in [3.63, 3.8) is 0 Å². The molecule has 3 N–H and O–H groups in total. The molecule has 0 bridgehead atoms. The van der Waals surface area contributed by atoms with Crippen LogP contribution in [0, 0.1) is 0 Å². The molecule has 0 heterocycles. The molecule has 12 heteroatoms. The molecule has 4 rings (SSSR count). The lowest BCUT2D eigenvalue weighted by molar-refractivity contribution is -0.140. The number of rotatable bonds is 12. The average Bonchev–Trinajstić information content (AvgIpc) is 3.01. The molecular formula is C30H24O12. The monoisotopic (exact) mass is 576 g/mol. The summed E-state index contributed by atoms with van der Waals surface area (Å²) in [5, 5.41) is 27.2. The van der Waals surface area contributed by atoms with Crippen molar-refractivity contribution in [2.24, 2.45) is 0 Å². The van der Waals surface area contributed by atoms with Gasteiger partial charge in [0.1, 0.15) is 17.2 Å². The van der Waals surface area contributed by atoms with Gasteiger partial charge in [-0.1, -0.05) is 0 Å². The second-order valence-electron chi connectivity index (χ2n) is 9.41. The van der Waals surface area contributed by atoms with Gasteiger partial charge in [0.15, 0.2) is 38.7 Å². The van der Waals surface area contributed by atoms with Crippen molar-refractivity contribution in [2.45, 2.75) is 19.3 Å². The van der Waals surface area contributed by atoms with Gasteiger partial charge in [-0.15, -0.1) is 0 Å². The van der Waals surface area contributed by atoms with Crippen LogP contribution in [0.15, 0.2) is 36.4 Å². The highest BCUT2D eigenvalue weighted by atomic mass is 16.5. The van der Waals surface area contributed by atoms with Gasteiger partial charge in [0.05, 0.1) is 16.7 Å². The van der Waals surface area contributed by atoms with Crippen molar-refractivity contribution >= 4 is 36.8 Å². The zero-order valence-electron chi connectivity index (χ0n) is 22.0. The second-order valence-corrected chi connectivity index (χ2v) is 9.41. The summed E-state index contributed by atoms with van der Waals surface area (Å²) >= 11 is 0. The average molecular weight is 577 g/mol. The topological polar surface area (TPSA) is 191 Å². The molecule has 1 aliphatic carbocycles. The van der Waals surface area contributed by atoms with Crippen LogP contribution in [-0.2, 0) is 33.6 Å². The van der Waals surface area contributed by atoms with E-state index < -0.39 is 37.7 Å². The summed E-state index contributed by atoms with van der Waals surface area (Å²) in [4.78, 5) is 69.1. The van der Waals surface area contributed by atoms with Crippen LogP contribution in [0.2, 0.25) is 0 Å². The van der Waals surface area contributed by atoms with Crippen LogP contribution in [0.3, 0.4) is 0 Å². The largest absolute Gasteiger partial charge is 0.481 e. The second kappa shape index (κ2) is 12.8. The molecule has 216 valence electrons. The summed E-state index contributed by atoms with van der Waals surface area (Å²) in [6.45, 7) is -2.05. The van der Waals surface area contributed by atoms with Crippen molar-refractivity contribution in [3.05, 3.63) is 86.5 Å². The van der Waals surface area contributed by atoms with E-state index >= 15 is 0 Å². The fourth-order valence-electron chi connectivity index (χ4n) is 4.73. The lowest BCUT2D eigenvalue weighted by Gasteiger charge is -2.16. The maximum absolute atomic E-state index is 11.9. The molecule has 42 heavy (non-hydrogen) atoms. The first-order valence-electron chi connectivity index (χ1n) is 12.5. The maximum atomic E-state index is 11.9. The summed E-state index contributed by atoms with van der Waals surface area (Å²) in [6, 6.07) is 9.33. The van der Waals surface area contributed by atoms with Crippen LogP contribution in [0.1, 0.15) is 64.5 Å². The normalized spacial score (nSPS) is 11.7. The molecule has 0 spiro atoms. The first-order chi connectivity index (χ1) is 20.1. The smallest absolute Gasteiger partial charge is 0.341 e. The van der Waals surface area contributed by atoms with Crippen molar-refractivity contribution in [3.8, 4) is 17.2 Å². The van der Waals surface area contributed by atoms with Crippen LogP contribution in [0.25, 0.3) is 0 Å². The first-order valence-corrected chi connectivity index (χ1v) is 12.5. The van der Waals surface area contributed by atoms with Crippen molar-refractivity contribution in [1.29, 1.82) is 0 Å². The minimum absolute atomic E-state index is 0.0472. The molecule has 0 amide bonds. The third-order valence-corrected chi connectivity index (χ3v) is 6.57. The number of fused-ring (bicyclic) bond motifs is 3. The number of carbonyl (C=O) groups is 6. The fraction of sp³-hybridized carbons (Fsp3) is 0.200. The van der Waals surface area contributed by atoms with Gasteiger partial charge in [0.25, 0.3) is 0 Å². The molecule has 0 aliphatic heterocycles. The number of hydrogen-bond acceptors (Lipinski definition) is 9. The van der Waals surface area contributed by atoms with Gasteiger partial charge < -0.3 is 29.5 Å². The Balaban J connectivity index is 1.95. The number of carboxylic acid groups (broad SMARTS) is 3. The van der Waals surface area contributed by atoms with Crippen molar-refractivity contribution in [1.82, 2.24) is 0 Å². The Hall–Kier alpha value is -5.52. The number of benzene rings is 3. The molecule has 0 unspecified atom stereocenters. The first kappa shape index (κ1) is 29.5. The Kier molecular flexibility index (Phi) is 8.96. The molecular weight excluding hydrogens is 552 g/mol. The summed E-state index contributed by atoms with van der Waals surface area (Å²) in [5.74, 6) is -3.57. The third kappa shape index (κ3) is 6.78. The van der Waals surface area contributed by atoms with Gasteiger partial charge in [0, 0.05) is 0 Å². The van der Waals surface area contributed by atoms with E-state index in [9.17, 15) is 28.8 Å². The van der Waals surface area contributed by atoms with E-state index in [0.717, 1.165) is 0 Å². The Morgan fingerprint density at radius 3 is 0.952 bits per heavy atom. The predicted molar refractivity (Wildman–Crippen MR) is 143 cm³/mol. The van der Waals surface area contributed by atoms with E-state index in [4.69, 9.17) is 29.5 Å². The Morgan fingerprint density at radius 1 is 0.500 bits per heavy atom. The molecule has 0 fully saturated rings. The zero-order chi connectivity index (χ0) is 30.4. The molecule has 0 aromatic heterocycles. The number of carboxylic acids is 3. The maximum Gasteiger partial charge on any atom is 0.341 e. The number of ether oxygens (including phenoxy) is 3. The molecule has 0 atom stereocenters. The highest BCUT2D eigenvalue weighted by Crippen LogP contribution is 2.35. The fourth-order valence-corrected chi connectivity index (χ4v) is 4.73. The molecule has 3 aromatic carbocycles. The van der Waals surface area contributed by atoms with E-state index in [-0.39, 0.29) is 53.2 Å². The highest BCUT2D eigenvalue weighted by Gasteiger charge is 2.22. The van der Waals surface area contributed by atoms with Gasteiger partial charge >= 0.3 is 17.9 Å². The van der Waals surface area contributed by atoms with Crippen LogP contribution in [0.4, 0.5) is 0 Å². The van der Waals surface area contributed by atoms with E-state index in [2.05, 4.69) is 0 Å². The molecule has 12 nitrogen and oxygen atoms in total. The third-order valence-electron chi connectivity index (χ3n) is 6.57. The lowest BCUT2D eigenvalue weighted by Crippen LogP contribution is -2.12. The summed E-state index contributed by atoms with van der Waals surface area (Å²) in [7, 11) is 0. The molecule has 0 radical (unpaired) electrons. The number of aldehydes is 3. The number of hydrogen-bond donors (Lipinski definition) is 3. The summed E-state index contributed by atoms with van der Waals surface area (Å²) < 4.78 is 16.1. The predicted octanol–water partition coefficient (Wildman–Crippen LogP) is 2.60. The summed E-state index contributed by atoms with van der Waals surface area (Å²) in [6.07, 6.45) is 2.24. The van der Waals surface area contributed by atoms with Crippen molar-refractivity contribution in [2.75, 3.05) is 19.8 Å². The van der Waals surface area contributed by atoms with Crippen LogP contribution in [-0.4, -0.2) is 71.9 Å². The van der Waals surface area contributed by atoms with Gasteiger partial charge in [-0.3, -0.25) is 14.4 Å². The van der Waals surface area contributed by atoms with Gasteiger partial charge in [-0.05, 0) is 89.0 Å². The minimum atomic E-state index is -1.24. The van der Waals surface area contributed by atoms with E-state index in [0.29, 0.717) is 52.2 Å². The van der Waals surface area contributed by atoms with Gasteiger partial charge in [0.2, 0.25) is 0 Å². The molecule has 3 aromatic rings. The lowest BCUT2D eigenvalue weighted by atomic mass is 9.92. The molecule has 1 aliphatic rings. The van der Waals surface area contributed by atoms with Crippen molar-refractivity contribution < 1.29 is 58.3 Å². The Bertz CT molecular complexity index is 1420.